The van der Waals surface area contributed by atoms with Crippen LogP contribution in [0.15, 0.2) is 48.5 Å². The Kier molecular flexibility index (Phi) is 5.57. The average Bonchev–Trinajstić information content (AvgIpc) is 3.03. The number of anilines is 2. The predicted octanol–water partition coefficient (Wildman–Crippen LogP) is 3.07. The van der Waals surface area contributed by atoms with E-state index in [1.54, 1.807) is 24.3 Å². The fraction of sp³-hybridized carbons (Fsp3) is 0.167. The normalized spacial score (nSPS) is 11.2. The average molecular weight is 407 g/mol. The Morgan fingerprint density at radius 2 is 1.90 bits per heavy atom. The first-order chi connectivity index (χ1) is 13.7. The van der Waals surface area contributed by atoms with Crippen LogP contribution in [0.2, 0.25) is 0 Å². The molecule has 8 nitrogen and oxygen atoms in total. The molecule has 1 amide bonds. The van der Waals surface area contributed by atoms with E-state index in [-0.39, 0.29) is 23.8 Å². The van der Waals surface area contributed by atoms with E-state index in [0.29, 0.717) is 17.0 Å². The summed E-state index contributed by atoms with van der Waals surface area (Å²) < 4.78 is 46.8. The van der Waals surface area contributed by atoms with Gasteiger partial charge in [0.1, 0.15) is 11.5 Å². The van der Waals surface area contributed by atoms with E-state index in [1.807, 2.05) is 0 Å². The molecule has 0 aliphatic carbocycles. The van der Waals surface area contributed by atoms with Gasteiger partial charge in [-0.25, -0.2) is 4.68 Å². The van der Waals surface area contributed by atoms with Gasteiger partial charge in [-0.2, -0.15) is 0 Å². The molecule has 0 aliphatic rings. The lowest BCUT2D eigenvalue weighted by atomic mass is 10.2. The number of methoxy groups -OCH3 is 1. The molecule has 2 aromatic carbocycles. The van der Waals surface area contributed by atoms with Crippen molar-refractivity contribution in [3.05, 3.63) is 59.8 Å². The number of rotatable bonds is 6. The number of alkyl halides is 3. The third-order valence-electron chi connectivity index (χ3n) is 3.81. The number of nitrogens with zero attached hydrogens (tertiary/aromatic N) is 3. The van der Waals surface area contributed by atoms with Crippen LogP contribution >= 0.6 is 0 Å². The lowest BCUT2D eigenvalue weighted by molar-refractivity contribution is -0.274. The zero-order chi connectivity index (χ0) is 21.0. The van der Waals surface area contributed by atoms with E-state index in [9.17, 15) is 18.0 Å². The highest BCUT2D eigenvalue weighted by atomic mass is 19.4. The molecule has 0 radical (unpaired) electrons. The summed E-state index contributed by atoms with van der Waals surface area (Å²) >= 11 is 0. The molecule has 0 aliphatic heterocycles. The molecule has 11 heteroatoms. The minimum absolute atomic E-state index is 0.0148. The van der Waals surface area contributed by atoms with E-state index in [4.69, 9.17) is 10.5 Å². The van der Waals surface area contributed by atoms with Crippen LogP contribution in [0.4, 0.5) is 24.7 Å². The summed E-state index contributed by atoms with van der Waals surface area (Å²) in [5.74, 6) is -0.319. The highest BCUT2D eigenvalue weighted by Gasteiger charge is 2.31. The molecule has 3 aromatic rings. The van der Waals surface area contributed by atoms with Crippen LogP contribution in [0.25, 0.3) is 0 Å². The molecule has 152 valence electrons. The Morgan fingerprint density at radius 1 is 1.17 bits per heavy atom. The van der Waals surface area contributed by atoms with Crippen molar-refractivity contribution in [2.24, 2.45) is 0 Å². The highest BCUT2D eigenvalue weighted by Crippen LogP contribution is 2.23. The van der Waals surface area contributed by atoms with Crippen LogP contribution in [0.3, 0.4) is 0 Å². The second kappa shape index (κ2) is 8.09. The van der Waals surface area contributed by atoms with Crippen LogP contribution in [-0.2, 0) is 6.54 Å². The largest absolute Gasteiger partial charge is 0.573 e. The van der Waals surface area contributed by atoms with Crippen molar-refractivity contribution in [3.8, 4) is 11.5 Å². The maximum Gasteiger partial charge on any atom is 0.573 e. The molecule has 1 aromatic heterocycles. The summed E-state index contributed by atoms with van der Waals surface area (Å²) in [6.07, 6.45) is -4.76. The fourth-order valence-corrected chi connectivity index (χ4v) is 2.46. The third-order valence-corrected chi connectivity index (χ3v) is 3.81. The summed E-state index contributed by atoms with van der Waals surface area (Å²) in [5, 5.41) is 10.3. The Morgan fingerprint density at radius 3 is 2.55 bits per heavy atom. The number of hydrogen-bond donors (Lipinski definition) is 2. The molecule has 0 unspecified atom stereocenters. The van der Waals surface area contributed by atoms with Crippen LogP contribution in [0.5, 0.6) is 11.5 Å². The summed E-state index contributed by atoms with van der Waals surface area (Å²) in [7, 11) is 1.51. The molecule has 3 rings (SSSR count). The van der Waals surface area contributed by atoms with Gasteiger partial charge in [-0.3, -0.25) is 4.79 Å². The third kappa shape index (κ3) is 5.15. The van der Waals surface area contributed by atoms with Gasteiger partial charge < -0.3 is 20.5 Å². The second-order valence-corrected chi connectivity index (χ2v) is 5.86. The van der Waals surface area contributed by atoms with Gasteiger partial charge >= 0.3 is 6.36 Å². The fourth-order valence-electron chi connectivity index (χ4n) is 2.46. The molecule has 3 N–H and O–H groups in total. The molecule has 0 atom stereocenters. The van der Waals surface area contributed by atoms with Crippen LogP contribution in [0.1, 0.15) is 16.1 Å². The van der Waals surface area contributed by atoms with Crippen LogP contribution in [-0.4, -0.2) is 34.4 Å². The Hall–Kier alpha value is -3.76. The number of ether oxygens (including phenoxy) is 2. The van der Waals surface area contributed by atoms with Gasteiger partial charge in [0.25, 0.3) is 5.91 Å². The van der Waals surface area contributed by atoms with E-state index in [1.165, 1.54) is 36.1 Å². The molecule has 1 heterocycles. The van der Waals surface area contributed by atoms with Gasteiger partial charge in [-0.05, 0) is 29.8 Å². The Labute approximate surface area is 163 Å². The number of nitrogen functional groups attached to an aromatic ring is 1. The quantitative estimate of drug-likeness (QED) is 0.651. The molecule has 0 fully saturated rings. The number of aromatic nitrogens is 3. The zero-order valence-electron chi connectivity index (χ0n) is 15.1. The lowest BCUT2D eigenvalue weighted by Gasteiger charge is -2.09. The van der Waals surface area contributed by atoms with E-state index >= 15 is 0 Å². The maximum atomic E-state index is 12.4. The van der Waals surface area contributed by atoms with Crippen molar-refractivity contribution in [3.63, 3.8) is 0 Å². The molecule has 0 bridgehead atoms. The highest BCUT2D eigenvalue weighted by molar-refractivity contribution is 6.05. The van der Waals surface area contributed by atoms with E-state index in [0.717, 1.165) is 0 Å². The topological polar surface area (TPSA) is 104 Å². The van der Waals surface area contributed by atoms with Gasteiger partial charge in [0.05, 0.1) is 13.7 Å². The Bertz CT molecular complexity index is 1000. The minimum atomic E-state index is -4.76. The number of nitrogens with one attached hydrogen (secondary N) is 1. The first-order valence-corrected chi connectivity index (χ1v) is 8.24. The predicted molar refractivity (Wildman–Crippen MR) is 97.6 cm³/mol. The molecular weight excluding hydrogens is 391 g/mol. The van der Waals surface area contributed by atoms with Crippen molar-refractivity contribution in [1.82, 2.24) is 15.0 Å². The first kappa shape index (κ1) is 20.0. The van der Waals surface area contributed by atoms with Crippen molar-refractivity contribution >= 4 is 17.4 Å². The second-order valence-electron chi connectivity index (χ2n) is 5.86. The smallest absolute Gasteiger partial charge is 0.497 e. The number of benzene rings is 2. The number of halogens is 3. The van der Waals surface area contributed by atoms with E-state index < -0.39 is 12.3 Å². The number of carbonyl (C=O) groups is 1. The Balaban J connectivity index is 1.69. The maximum absolute atomic E-state index is 12.4. The standard InChI is InChI=1S/C18H16F3N5O3/c1-28-14-4-2-3-12(9-14)23-17(27)15-16(22)26(25-24-15)10-11-5-7-13(8-6-11)29-18(19,20)21/h2-9H,10,22H2,1H3,(H,23,27). The molecule has 0 saturated carbocycles. The lowest BCUT2D eigenvalue weighted by Crippen LogP contribution is -2.17. The van der Waals surface area contributed by atoms with Crippen molar-refractivity contribution in [2.75, 3.05) is 18.2 Å². The van der Waals surface area contributed by atoms with Crippen molar-refractivity contribution in [2.45, 2.75) is 12.9 Å². The minimum Gasteiger partial charge on any atom is -0.497 e. The van der Waals surface area contributed by atoms with Gasteiger partial charge in [-0.1, -0.05) is 23.4 Å². The summed E-state index contributed by atoms with van der Waals surface area (Å²) in [5.41, 5.74) is 6.96. The number of nitrogens with two attached hydrogens (primary N) is 1. The summed E-state index contributed by atoms with van der Waals surface area (Å²) in [6.45, 7) is 0.109. The van der Waals surface area contributed by atoms with Gasteiger partial charge in [0.15, 0.2) is 11.5 Å². The van der Waals surface area contributed by atoms with Crippen LogP contribution in [0, 0.1) is 0 Å². The van der Waals surface area contributed by atoms with Gasteiger partial charge in [-0.15, -0.1) is 18.3 Å². The van der Waals surface area contributed by atoms with E-state index in [2.05, 4.69) is 20.4 Å². The number of carbonyl (C=O) groups excluding carboxylic acids is 1. The summed E-state index contributed by atoms with van der Waals surface area (Å²) in [4.78, 5) is 12.4. The SMILES string of the molecule is COc1cccc(NC(=O)c2nnn(Cc3ccc(OC(F)(F)F)cc3)c2N)c1. The van der Waals surface area contributed by atoms with Crippen molar-refractivity contribution in [1.29, 1.82) is 0 Å². The first-order valence-electron chi connectivity index (χ1n) is 8.24. The summed E-state index contributed by atoms with van der Waals surface area (Å²) in [6, 6.07) is 11.9. The van der Waals surface area contributed by atoms with Crippen LogP contribution < -0.4 is 20.5 Å². The number of amides is 1. The monoisotopic (exact) mass is 407 g/mol. The molecular formula is C18H16F3N5O3. The zero-order valence-corrected chi connectivity index (χ0v) is 15.1. The molecule has 0 spiro atoms. The van der Waals surface area contributed by atoms with Gasteiger partial charge in [0.2, 0.25) is 0 Å². The van der Waals surface area contributed by atoms with Gasteiger partial charge in [0, 0.05) is 11.8 Å². The number of hydrogen-bond acceptors (Lipinski definition) is 6. The molecule has 29 heavy (non-hydrogen) atoms. The molecule has 0 saturated heterocycles. The van der Waals surface area contributed by atoms with Crippen molar-refractivity contribution < 1.29 is 27.4 Å².